The minimum Gasteiger partial charge on any atom is -0.496 e. The Morgan fingerprint density at radius 2 is 2.00 bits per heavy atom. The van der Waals surface area contributed by atoms with Gasteiger partial charge in [0, 0.05) is 29.5 Å². The molecule has 1 atom stereocenters. The molecular formula is C19H16N6O2S2. The molecule has 0 saturated heterocycles. The molecule has 0 N–H and O–H groups in total. The molecule has 146 valence electrons. The number of rotatable bonds is 6. The van der Waals surface area contributed by atoms with Crippen LogP contribution in [0.2, 0.25) is 0 Å². The highest BCUT2D eigenvalue weighted by Gasteiger charge is 2.29. The van der Waals surface area contributed by atoms with Gasteiger partial charge in [0.15, 0.2) is 11.0 Å². The van der Waals surface area contributed by atoms with Gasteiger partial charge in [-0.25, -0.2) is 0 Å². The zero-order chi connectivity index (χ0) is 19.6. The summed E-state index contributed by atoms with van der Waals surface area (Å²) in [4.78, 5) is 4.08. The standard InChI is InChI=1S/C19H16N6O2S2/c1-26-15-5-3-2-4-14(15)17-22-24-19(27-17)29-11-13-10-28-18-23-21-16(25(13)18)12-6-8-20-9-7-12/h2-9,13H,10-11H2,1H3/t13-/m0/s1. The Morgan fingerprint density at radius 3 is 2.86 bits per heavy atom. The van der Waals surface area contributed by atoms with Crippen LogP contribution in [0.1, 0.15) is 6.04 Å². The largest absolute Gasteiger partial charge is 0.496 e. The van der Waals surface area contributed by atoms with Gasteiger partial charge in [0.2, 0.25) is 0 Å². The molecule has 0 unspecified atom stereocenters. The number of hydrogen-bond acceptors (Lipinski definition) is 9. The van der Waals surface area contributed by atoms with Crippen LogP contribution in [-0.2, 0) is 0 Å². The molecule has 4 heterocycles. The lowest BCUT2D eigenvalue weighted by Gasteiger charge is -2.12. The highest BCUT2D eigenvalue weighted by atomic mass is 32.2. The predicted molar refractivity (Wildman–Crippen MR) is 110 cm³/mol. The fourth-order valence-electron chi connectivity index (χ4n) is 3.14. The fraction of sp³-hybridized carbons (Fsp3) is 0.211. The average Bonchev–Trinajstić information content (AvgIpc) is 3.50. The first-order chi connectivity index (χ1) is 14.3. The van der Waals surface area contributed by atoms with E-state index in [0.29, 0.717) is 16.9 Å². The van der Waals surface area contributed by atoms with E-state index in [1.165, 1.54) is 11.8 Å². The second-order valence-electron chi connectivity index (χ2n) is 6.26. The minimum atomic E-state index is 0.236. The number of hydrogen-bond donors (Lipinski definition) is 0. The summed E-state index contributed by atoms with van der Waals surface area (Å²) in [6, 6.07) is 11.7. The van der Waals surface area contributed by atoms with Gasteiger partial charge < -0.3 is 9.15 Å². The number of pyridine rings is 1. The zero-order valence-corrected chi connectivity index (χ0v) is 17.1. The van der Waals surface area contributed by atoms with Crippen molar-refractivity contribution in [3.05, 3.63) is 48.8 Å². The number of para-hydroxylation sites is 1. The highest BCUT2D eigenvalue weighted by molar-refractivity contribution is 8.00. The summed E-state index contributed by atoms with van der Waals surface area (Å²) in [7, 11) is 1.62. The van der Waals surface area contributed by atoms with E-state index in [1.807, 2.05) is 36.4 Å². The summed E-state index contributed by atoms with van der Waals surface area (Å²) in [6.07, 6.45) is 3.53. The van der Waals surface area contributed by atoms with E-state index >= 15 is 0 Å². The summed E-state index contributed by atoms with van der Waals surface area (Å²) in [5, 5.41) is 18.5. The smallest absolute Gasteiger partial charge is 0.276 e. The molecule has 0 saturated carbocycles. The van der Waals surface area contributed by atoms with Crippen LogP contribution < -0.4 is 4.74 Å². The van der Waals surface area contributed by atoms with E-state index in [0.717, 1.165) is 33.6 Å². The lowest BCUT2D eigenvalue weighted by Crippen LogP contribution is -2.11. The van der Waals surface area contributed by atoms with E-state index in [9.17, 15) is 0 Å². The minimum absolute atomic E-state index is 0.236. The molecule has 0 amide bonds. The maximum Gasteiger partial charge on any atom is 0.276 e. The molecule has 0 aliphatic carbocycles. The molecular weight excluding hydrogens is 408 g/mol. The van der Waals surface area contributed by atoms with Crippen molar-refractivity contribution in [1.29, 1.82) is 0 Å². The highest BCUT2D eigenvalue weighted by Crippen LogP contribution is 2.39. The van der Waals surface area contributed by atoms with Crippen molar-refractivity contribution in [3.63, 3.8) is 0 Å². The lowest BCUT2D eigenvalue weighted by molar-refractivity contribution is 0.411. The Labute approximate surface area is 175 Å². The molecule has 10 heteroatoms. The number of thioether (sulfide) groups is 2. The van der Waals surface area contributed by atoms with Gasteiger partial charge in [0.25, 0.3) is 11.1 Å². The van der Waals surface area contributed by atoms with Crippen LogP contribution >= 0.6 is 23.5 Å². The first-order valence-electron chi connectivity index (χ1n) is 8.91. The average molecular weight is 425 g/mol. The first kappa shape index (κ1) is 18.2. The van der Waals surface area contributed by atoms with Gasteiger partial charge in [0.1, 0.15) is 5.75 Å². The van der Waals surface area contributed by atoms with Gasteiger partial charge in [-0.3, -0.25) is 9.55 Å². The van der Waals surface area contributed by atoms with Crippen LogP contribution in [0, 0.1) is 0 Å². The van der Waals surface area contributed by atoms with Crippen LogP contribution in [0.25, 0.3) is 22.8 Å². The first-order valence-corrected chi connectivity index (χ1v) is 10.9. The van der Waals surface area contributed by atoms with Gasteiger partial charge >= 0.3 is 0 Å². The molecule has 1 aliphatic heterocycles. The Morgan fingerprint density at radius 1 is 1.14 bits per heavy atom. The Balaban J connectivity index is 1.33. The summed E-state index contributed by atoms with van der Waals surface area (Å²) in [5.74, 6) is 3.73. The van der Waals surface area contributed by atoms with Crippen LogP contribution in [0.4, 0.5) is 0 Å². The Kier molecular flexibility index (Phi) is 4.94. The molecule has 5 rings (SSSR count). The SMILES string of the molecule is COc1ccccc1-c1nnc(SC[C@@H]2CSc3nnc(-c4ccncc4)n32)o1. The third-order valence-corrected chi connectivity index (χ3v) is 6.57. The maximum atomic E-state index is 5.86. The molecule has 8 nitrogen and oxygen atoms in total. The van der Waals surface area contributed by atoms with Gasteiger partial charge in [-0.2, -0.15) is 0 Å². The number of methoxy groups -OCH3 is 1. The van der Waals surface area contributed by atoms with E-state index in [2.05, 4.69) is 29.9 Å². The van der Waals surface area contributed by atoms with Gasteiger partial charge in [-0.1, -0.05) is 35.7 Å². The van der Waals surface area contributed by atoms with E-state index in [-0.39, 0.29) is 6.04 Å². The van der Waals surface area contributed by atoms with Crippen molar-refractivity contribution >= 4 is 23.5 Å². The second-order valence-corrected chi connectivity index (χ2v) is 8.22. The van der Waals surface area contributed by atoms with Crippen molar-refractivity contribution in [3.8, 4) is 28.6 Å². The van der Waals surface area contributed by atoms with Crippen LogP contribution in [0.5, 0.6) is 5.75 Å². The summed E-state index contributed by atoms with van der Waals surface area (Å²) < 4.78 is 13.4. The molecule has 0 fully saturated rings. The molecule has 0 radical (unpaired) electrons. The van der Waals surface area contributed by atoms with Crippen molar-refractivity contribution < 1.29 is 9.15 Å². The molecule has 1 aliphatic rings. The molecule has 4 aromatic rings. The summed E-state index contributed by atoms with van der Waals surface area (Å²) in [5.41, 5.74) is 1.79. The van der Waals surface area contributed by atoms with Crippen LogP contribution in [-0.4, -0.2) is 48.6 Å². The van der Waals surface area contributed by atoms with E-state index < -0.39 is 0 Å². The fourth-order valence-corrected chi connectivity index (χ4v) is 5.21. The molecule has 0 spiro atoms. The van der Waals surface area contributed by atoms with Crippen molar-refractivity contribution in [2.24, 2.45) is 0 Å². The van der Waals surface area contributed by atoms with E-state index in [4.69, 9.17) is 9.15 Å². The third-order valence-electron chi connectivity index (χ3n) is 4.52. The molecule has 29 heavy (non-hydrogen) atoms. The third kappa shape index (κ3) is 3.49. The zero-order valence-electron chi connectivity index (χ0n) is 15.4. The number of ether oxygens (including phenoxy) is 1. The number of aromatic nitrogens is 6. The molecule has 1 aromatic carbocycles. The quantitative estimate of drug-likeness (QED) is 0.428. The summed E-state index contributed by atoms with van der Waals surface area (Å²) in [6.45, 7) is 0. The van der Waals surface area contributed by atoms with Gasteiger partial charge in [-0.05, 0) is 24.3 Å². The monoisotopic (exact) mass is 424 g/mol. The van der Waals surface area contributed by atoms with Crippen molar-refractivity contribution in [2.75, 3.05) is 18.6 Å². The van der Waals surface area contributed by atoms with Gasteiger partial charge in [0.05, 0.1) is 18.7 Å². The molecule has 0 bridgehead atoms. The maximum absolute atomic E-state index is 5.86. The number of fused-ring (bicyclic) bond motifs is 1. The van der Waals surface area contributed by atoms with E-state index in [1.54, 1.807) is 31.3 Å². The van der Waals surface area contributed by atoms with Crippen molar-refractivity contribution in [1.82, 2.24) is 29.9 Å². The van der Waals surface area contributed by atoms with Crippen molar-refractivity contribution in [2.45, 2.75) is 16.4 Å². The molecule has 3 aromatic heterocycles. The van der Waals surface area contributed by atoms with Crippen LogP contribution in [0.15, 0.2) is 63.6 Å². The number of nitrogens with zero attached hydrogens (tertiary/aromatic N) is 6. The Hall–Kier alpha value is -2.85. The normalized spacial score (nSPS) is 15.4. The van der Waals surface area contributed by atoms with Gasteiger partial charge in [-0.15, -0.1) is 20.4 Å². The topological polar surface area (TPSA) is 91.8 Å². The number of benzene rings is 1. The lowest BCUT2D eigenvalue weighted by atomic mass is 10.2. The Bertz CT molecular complexity index is 1130. The van der Waals surface area contributed by atoms with Crippen LogP contribution in [0.3, 0.4) is 0 Å². The second kappa shape index (κ2) is 7.88. The predicted octanol–water partition coefficient (Wildman–Crippen LogP) is 3.84. The summed E-state index contributed by atoms with van der Waals surface area (Å²) >= 11 is 3.25.